The number of nitrogens with zero attached hydrogens (tertiary/aromatic N) is 1. The first-order chi connectivity index (χ1) is 6.27. The zero-order chi connectivity index (χ0) is 9.68. The fourth-order valence-corrected chi connectivity index (χ4v) is 1.32. The highest BCUT2D eigenvalue weighted by Gasteiger charge is 2.26. The van der Waals surface area contributed by atoms with Crippen LogP contribution in [0.3, 0.4) is 0 Å². The first-order valence-corrected chi connectivity index (χ1v) is 4.30. The summed E-state index contributed by atoms with van der Waals surface area (Å²) in [6, 6.07) is 0. The maximum absolute atomic E-state index is 11.1. The van der Waals surface area contributed by atoms with Crippen LogP contribution in [0.15, 0.2) is 0 Å². The largest absolute Gasteiger partial charge is 0.467 e. The van der Waals surface area contributed by atoms with E-state index >= 15 is 0 Å². The third-order valence-corrected chi connectivity index (χ3v) is 2.03. The average molecular weight is 189 g/mol. The van der Waals surface area contributed by atoms with Crippen molar-refractivity contribution in [3.05, 3.63) is 0 Å². The van der Waals surface area contributed by atoms with Gasteiger partial charge in [-0.05, 0) is 0 Å². The number of morpholine rings is 1. The lowest BCUT2D eigenvalue weighted by molar-refractivity contribution is -0.159. The third kappa shape index (κ3) is 2.95. The minimum absolute atomic E-state index is 0.105. The van der Waals surface area contributed by atoms with Gasteiger partial charge in [-0.25, -0.2) is 4.79 Å². The molecule has 0 aromatic rings. The summed E-state index contributed by atoms with van der Waals surface area (Å²) in [6.07, 6.45) is -0.495. The van der Waals surface area contributed by atoms with Gasteiger partial charge in [0.15, 0.2) is 6.10 Å². The minimum atomic E-state index is -0.495. The Balaban J connectivity index is 2.37. The molecule has 0 radical (unpaired) electrons. The molecule has 0 aliphatic carbocycles. The number of carbonyl (C=O) groups excluding carboxylic acids is 1. The van der Waals surface area contributed by atoms with Gasteiger partial charge in [0.05, 0.1) is 20.3 Å². The predicted octanol–water partition coefficient (Wildman–Crippen LogP) is -1.15. The summed E-state index contributed by atoms with van der Waals surface area (Å²) in [7, 11) is 1.34. The summed E-state index contributed by atoms with van der Waals surface area (Å²) in [5, 5.41) is 8.70. The van der Waals surface area contributed by atoms with Crippen LogP contribution in [-0.4, -0.2) is 62.0 Å². The van der Waals surface area contributed by atoms with Crippen LogP contribution >= 0.6 is 0 Å². The van der Waals surface area contributed by atoms with Gasteiger partial charge in [0, 0.05) is 19.6 Å². The van der Waals surface area contributed by atoms with E-state index < -0.39 is 6.10 Å². The van der Waals surface area contributed by atoms with Crippen LogP contribution in [0.4, 0.5) is 0 Å². The molecular formula is C8H15NO4. The van der Waals surface area contributed by atoms with Crippen LogP contribution in [0, 0.1) is 0 Å². The molecule has 13 heavy (non-hydrogen) atoms. The van der Waals surface area contributed by atoms with Crippen LogP contribution in [-0.2, 0) is 14.3 Å². The molecule has 0 spiro atoms. The summed E-state index contributed by atoms with van der Waals surface area (Å²) in [5.74, 6) is -0.345. The van der Waals surface area contributed by atoms with Gasteiger partial charge in [0.2, 0.25) is 0 Å². The molecule has 1 heterocycles. The number of β-amino-alcohol motifs (C(OH)–C–C–N with tert-alkyl or cyclic N) is 1. The Kier molecular flexibility index (Phi) is 4.14. The van der Waals surface area contributed by atoms with E-state index in [0.717, 1.165) is 6.54 Å². The monoisotopic (exact) mass is 189 g/mol. The standard InChI is InChI=1S/C8H15NO4/c1-12-8(11)7-6-9(2-4-10)3-5-13-7/h7,10H,2-6H2,1H3. The molecule has 76 valence electrons. The Bertz CT molecular complexity index is 172. The lowest BCUT2D eigenvalue weighted by Crippen LogP contribution is -2.47. The Hall–Kier alpha value is -0.650. The second kappa shape index (κ2) is 5.16. The topological polar surface area (TPSA) is 59.0 Å². The summed E-state index contributed by atoms with van der Waals surface area (Å²) >= 11 is 0. The number of carbonyl (C=O) groups is 1. The molecule has 1 fully saturated rings. The van der Waals surface area contributed by atoms with Gasteiger partial charge in [0.1, 0.15) is 0 Å². The van der Waals surface area contributed by atoms with Crippen LogP contribution < -0.4 is 0 Å². The number of aliphatic hydroxyl groups excluding tert-OH is 1. The molecule has 5 nitrogen and oxygen atoms in total. The number of aliphatic hydroxyl groups is 1. The van der Waals surface area contributed by atoms with Gasteiger partial charge < -0.3 is 14.6 Å². The van der Waals surface area contributed by atoms with Crippen molar-refractivity contribution in [1.82, 2.24) is 4.90 Å². The van der Waals surface area contributed by atoms with Crippen LogP contribution in [0.2, 0.25) is 0 Å². The van der Waals surface area contributed by atoms with E-state index in [9.17, 15) is 4.79 Å². The first kappa shape index (κ1) is 10.4. The molecule has 1 saturated heterocycles. The number of methoxy groups -OCH3 is 1. The normalized spacial score (nSPS) is 24.3. The molecule has 0 bridgehead atoms. The SMILES string of the molecule is COC(=O)C1CN(CCO)CCO1. The molecular weight excluding hydrogens is 174 g/mol. The number of ether oxygens (including phenoxy) is 2. The molecule has 1 aliphatic rings. The van der Waals surface area contributed by atoms with Gasteiger partial charge in [-0.15, -0.1) is 0 Å². The van der Waals surface area contributed by atoms with Gasteiger partial charge >= 0.3 is 5.97 Å². The van der Waals surface area contributed by atoms with Crippen molar-refractivity contribution in [3.63, 3.8) is 0 Å². The molecule has 1 atom stereocenters. The van der Waals surface area contributed by atoms with E-state index in [1.165, 1.54) is 7.11 Å². The van der Waals surface area contributed by atoms with Crippen molar-refractivity contribution in [1.29, 1.82) is 0 Å². The predicted molar refractivity (Wildman–Crippen MR) is 45.3 cm³/mol. The molecule has 0 saturated carbocycles. The molecule has 0 amide bonds. The highest BCUT2D eigenvalue weighted by Crippen LogP contribution is 2.05. The fourth-order valence-electron chi connectivity index (χ4n) is 1.32. The van der Waals surface area contributed by atoms with Crippen molar-refractivity contribution in [3.8, 4) is 0 Å². The van der Waals surface area contributed by atoms with Gasteiger partial charge in [-0.1, -0.05) is 0 Å². The van der Waals surface area contributed by atoms with Crippen LogP contribution in [0.5, 0.6) is 0 Å². The number of esters is 1. The zero-order valence-corrected chi connectivity index (χ0v) is 7.73. The quantitative estimate of drug-likeness (QED) is 0.568. The molecule has 1 unspecified atom stereocenters. The second-order valence-corrected chi connectivity index (χ2v) is 2.91. The molecule has 0 aromatic heterocycles. The van der Waals surface area contributed by atoms with Gasteiger partial charge in [-0.3, -0.25) is 4.90 Å². The minimum Gasteiger partial charge on any atom is -0.467 e. The van der Waals surface area contributed by atoms with Crippen LogP contribution in [0.1, 0.15) is 0 Å². The smallest absolute Gasteiger partial charge is 0.336 e. The maximum Gasteiger partial charge on any atom is 0.336 e. The van der Waals surface area contributed by atoms with E-state index in [2.05, 4.69) is 4.74 Å². The van der Waals surface area contributed by atoms with E-state index in [4.69, 9.17) is 9.84 Å². The van der Waals surface area contributed by atoms with Gasteiger partial charge in [-0.2, -0.15) is 0 Å². The summed E-state index contributed by atoms with van der Waals surface area (Å²) in [4.78, 5) is 13.1. The Morgan fingerprint density at radius 2 is 2.54 bits per heavy atom. The molecule has 1 rings (SSSR count). The van der Waals surface area contributed by atoms with E-state index in [1.54, 1.807) is 0 Å². The lowest BCUT2D eigenvalue weighted by atomic mass is 10.3. The van der Waals surface area contributed by atoms with E-state index in [0.29, 0.717) is 19.7 Å². The Labute approximate surface area is 77.2 Å². The third-order valence-electron chi connectivity index (χ3n) is 2.03. The summed E-state index contributed by atoms with van der Waals surface area (Å²) in [6.45, 7) is 2.46. The first-order valence-electron chi connectivity index (χ1n) is 4.30. The summed E-state index contributed by atoms with van der Waals surface area (Å²) < 4.78 is 9.77. The van der Waals surface area contributed by atoms with Crippen molar-refractivity contribution in [2.45, 2.75) is 6.10 Å². The van der Waals surface area contributed by atoms with Crippen molar-refractivity contribution in [2.75, 3.05) is 40.0 Å². The molecule has 0 aromatic carbocycles. The average Bonchev–Trinajstić information content (AvgIpc) is 2.18. The summed E-state index contributed by atoms with van der Waals surface area (Å²) in [5.41, 5.74) is 0. The Morgan fingerprint density at radius 1 is 1.77 bits per heavy atom. The molecule has 1 N–H and O–H groups in total. The van der Waals surface area contributed by atoms with Crippen molar-refractivity contribution >= 4 is 5.97 Å². The molecule has 5 heteroatoms. The van der Waals surface area contributed by atoms with Crippen LogP contribution in [0.25, 0.3) is 0 Å². The van der Waals surface area contributed by atoms with Gasteiger partial charge in [0.25, 0.3) is 0 Å². The number of hydrogen-bond donors (Lipinski definition) is 1. The lowest BCUT2D eigenvalue weighted by Gasteiger charge is -2.30. The highest BCUT2D eigenvalue weighted by atomic mass is 16.6. The van der Waals surface area contributed by atoms with Crippen molar-refractivity contribution in [2.24, 2.45) is 0 Å². The number of rotatable bonds is 3. The zero-order valence-electron chi connectivity index (χ0n) is 7.73. The van der Waals surface area contributed by atoms with E-state index in [-0.39, 0.29) is 12.6 Å². The Morgan fingerprint density at radius 3 is 3.15 bits per heavy atom. The van der Waals surface area contributed by atoms with Crippen molar-refractivity contribution < 1.29 is 19.4 Å². The maximum atomic E-state index is 11.1. The highest BCUT2D eigenvalue weighted by molar-refractivity contribution is 5.74. The van der Waals surface area contributed by atoms with E-state index in [1.807, 2.05) is 4.90 Å². The number of hydrogen-bond acceptors (Lipinski definition) is 5. The molecule has 1 aliphatic heterocycles. The second-order valence-electron chi connectivity index (χ2n) is 2.91. The fraction of sp³-hybridized carbons (Fsp3) is 0.875.